The van der Waals surface area contributed by atoms with Gasteiger partial charge in [-0.2, -0.15) is 0 Å². The summed E-state index contributed by atoms with van der Waals surface area (Å²) in [6, 6.07) is 9.09. The van der Waals surface area contributed by atoms with Crippen LogP contribution in [-0.4, -0.2) is 26.7 Å². The van der Waals surface area contributed by atoms with Gasteiger partial charge >= 0.3 is 5.97 Å². The Labute approximate surface area is 104 Å². The minimum Gasteiger partial charge on any atom is -0.462 e. The van der Waals surface area contributed by atoms with Crippen LogP contribution in [0.5, 0.6) is 0 Å². The van der Waals surface area contributed by atoms with Gasteiger partial charge in [0.15, 0.2) is 0 Å². The van der Waals surface area contributed by atoms with Gasteiger partial charge in [-0.25, -0.2) is 4.79 Å². The van der Waals surface area contributed by atoms with Crippen molar-refractivity contribution in [1.29, 1.82) is 0 Å². The van der Waals surface area contributed by atoms with Crippen LogP contribution in [0.15, 0.2) is 30.3 Å². The Hall–Kier alpha value is -1.35. The van der Waals surface area contributed by atoms with Crippen LogP contribution in [0.4, 0.5) is 0 Å². The lowest BCUT2D eigenvalue weighted by Gasteiger charge is -2.03. The molecule has 17 heavy (non-hydrogen) atoms. The molecule has 0 aliphatic rings. The van der Waals surface area contributed by atoms with E-state index in [2.05, 4.69) is 12.2 Å². The molecule has 0 aromatic heterocycles. The highest BCUT2D eigenvalue weighted by Gasteiger charge is 2.04. The number of unbranched alkanes of at least 4 members (excludes halogenated alkanes) is 2. The maximum absolute atomic E-state index is 11.4. The van der Waals surface area contributed by atoms with Crippen molar-refractivity contribution in [1.82, 2.24) is 5.32 Å². The zero-order valence-corrected chi connectivity index (χ0v) is 11.0. The fourth-order valence-corrected chi connectivity index (χ4v) is 1.17. The molecule has 0 aliphatic heterocycles. The van der Waals surface area contributed by atoms with Gasteiger partial charge in [0.05, 0.1) is 12.2 Å². The van der Waals surface area contributed by atoms with Crippen LogP contribution in [0.2, 0.25) is 0 Å². The number of rotatable bonds is 5. The van der Waals surface area contributed by atoms with Crippen LogP contribution in [0, 0.1) is 0 Å². The Morgan fingerprint density at radius 2 is 1.76 bits per heavy atom. The van der Waals surface area contributed by atoms with Crippen molar-refractivity contribution < 1.29 is 9.53 Å². The van der Waals surface area contributed by atoms with E-state index in [0.717, 1.165) is 19.3 Å². The number of benzene rings is 1. The van der Waals surface area contributed by atoms with Gasteiger partial charge in [-0.1, -0.05) is 38.0 Å². The Morgan fingerprint density at radius 3 is 2.29 bits per heavy atom. The number of hydrogen-bond acceptors (Lipinski definition) is 3. The maximum atomic E-state index is 11.4. The van der Waals surface area contributed by atoms with Crippen LogP contribution >= 0.6 is 0 Å². The van der Waals surface area contributed by atoms with E-state index >= 15 is 0 Å². The second-order valence-corrected chi connectivity index (χ2v) is 3.71. The molecular formula is C14H23NO2. The summed E-state index contributed by atoms with van der Waals surface area (Å²) in [7, 11) is 3.75. The van der Waals surface area contributed by atoms with Crippen LogP contribution in [0.3, 0.4) is 0 Å². The highest BCUT2D eigenvalue weighted by molar-refractivity contribution is 5.89. The van der Waals surface area contributed by atoms with Gasteiger partial charge in [0.2, 0.25) is 0 Å². The summed E-state index contributed by atoms with van der Waals surface area (Å²) in [5.74, 6) is -0.221. The molecule has 0 spiro atoms. The topological polar surface area (TPSA) is 38.3 Å². The van der Waals surface area contributed by atoms with Gasteiger partial charge in [0.1, 0.15) is 0 Å². The fourth-order valence-electron chi connectivity index (χ4n) is 1.17. The molecule has 0 fully saturated rings. The van der Waals surface area contributed by atoms with E-state index in [9.17, 15) is 4.79 Å². The van der Waals surface area contributed by atoms with Crippen molar-refractivity contribution >= 4 is 5.97 Å². The van der Waals surface area contributed by atoms with Gasteiger partial charge in [0.25, 0.3) is 0 Å². The molecule has 3 nitrogen and oxygen atoms in total. The third-order valence-corrected chi connectivity index (χ3v) is 1.99. The molecule has 0 atom stereocenters. The van der Waals surface area contributed by atoms with E-state index in [1.807, 2.05) is 32.3 Å². The monoisotopic (exact) mass is 237 g/mol. The lowest BCUT2D eigenvalue weighted by Crippen LogP contribution is -2.05. The first-order valence-electron chi connectivity index (χ1n) is 6.06. The minimum absolute atomic E-state index is 0.221. The van der Waals surface area contributed by atoms with Crippen LogP contribution in [0.25, 0.3) is 0 Å². The zero-order valence-electron chi connectivity index (χ0n) is 11.0. The lowest BCUT2D eigenvalue weighted by molar-refractivity contribution is 0.0498. The summed E-state index contributed by atoms with van der Waals surface area (Å²) in [6.07, 6.45) is 3.21. The van der Waals surface area contributed by atoms with Gasteiger partial charge in [-0.05, 0) is 32.6 Å². The fraction of sp³-hybridized carbons (Fsp3) is 0.500. The van der Waals surface area contributed by atoms with E-state index in [4.69, 9.17) is 4.74 Å². The molecular weight excluding hydrogens is 214 g/mol. The average molecular weight is 237 g/mol. The number of esters is 1. The summed E-state index contributed by atoms with van der Waals surface area (Å²) < 4.78 is 5.09. The van der Waals surface area contributed by atoms with Gasteiger partial charge in [-0.15, -0.1) is 0 Å². The van der Waals surface area contributed by atoms with Crippen LogP contribution in [-0.2, 0) is 4.74 Å². The molecule has 1 aromatic rings. The molecule has 0 saturated heterocycles. The van der Waals surface area contributed by atoms with Crippen molar-refractivity contribution in [2.75, 3.05) is 20.7 Å². The zero-order chi connectivity index (χ0) is 12.9. The van der Waals surface area contributed by atoms with Gasteiger partial charge < -0.3 is 10.1 Å². The first-order valence-corrected chi connectivity index (χ1v) is 6.06. The molecule has 0 saturated carbocycles. The summed E-state index contributed by atoms with van der Waals surface area (Å²) in [5, 5.41) is 2.75. The average Bonchev–Trinajstić information content (AvgIpc) is 2.36. The Balaban J connectivity index is 0.000000770. The van der Waals surface area contributed by atoms with E-state index in [-0.39, 0.29) is 5.97 Å². The van der Waals surface area contributed by atoms with Crippen molar-refractivity contribution in [3.8, 4) is 0 Å². The first kappa shape index (κ1) is 15.7. The summed E-state index contributed by atoms with van der Waals surface area (Å²) in [5.41, 5.74) is 0.629. The first-order chi connectivity index (χ1) is 8.26. The Bertz CT molecular complexity index is 286. The van der Waals surface area contributed by atoms with E-state index in [1.54, 1.807) is 12.1 Å². The number of carbonyl (C=O) groups is 1. The predicted molar refractivity (Wildman–Crippen MR) is 71.2 cm³/mol. The molecule has 1 rings (SSSR count). The summed E-state index contributed by atoms with van der Waals surface area (Å²) in [6.45, 7) is 2.65. The minimum atomic E-state index is -0.221. The normalized spacial score (nSPS) is 9.12. The number of nitrogens with one attached hydrogen (secondary N) is 1. The molecule has 1 N–H and O–H groups in total. The van der Waals surface area contributed by atoms with Gasteiger partial charge in [-0.3, -0.25) is 0 Å². The number of carbonyl (C=O) groups excluding carboxylic acids is 1. The molecule has 0 amide bonds. The molecule has 0 aliphatic carbocycles. The molecule has 96 valence electrons. The second kappa shape index (κ2) is 11.1. The number of hydrogen-bond donors (Lipinski definition) is 1. The smallest absolute Gasteiger partial charge is 0.338 e. The molecule has 0 unspecified atom stereocenters. The van der Waals surface area contributed by atoms with E-state index in [0.29, 0.717) is 12.2 Å². The summed E-state index contributed by atoms with van der Waals surface area (Å²) >= 11 is 0. The third kappa shape index (κ3) is 8.46. The van der Waals surface area contributed by atoms with Crippen molar-refractivity contribution in [3.63, 3.8) is 0 Å². The highest BCUT2D eigenvalue weighted by Crippen LogP contribution is 2.02. The molecule has 0 radical (unpaired) electrons. The third-order valence-electron chi connectivity index (χ3n) is 1.99. The van der Waals surface area contributed by atoms with E-state index < -0.39 is 0 Å². The Kier molecular flexibility index (Phi) is 10.3. The Morgan fingerprint density at radius 1 is 1.18 bits per heavy atom. The molecule has 0 bridgehead atoms. The van der Waals surface area contributed by atoms with E-state index in [1.165, 1.54) is 0 Å². The van der Waals surface area contributed by atoms with Crippen LogP contribution in [0.1, 0.15) is 36.5 Å². The quantitative estimate of drug-likeness (QED) is 0.632. The van der Waals surface area contributed by atoms with Crippen molar-refractivity contribution in [2.24, 2.45) is 0 Å². The summed E-state index contributed by atoms with van der Waals surface area (Å²) in [4.78, 5) is 11.4. The predicted octanol–water partition coefficient (Wildman–Crippen LogP) is 2.87. The van der Waals surface area contributed by atoms with Crippen molar-refractivity contribution in [3.05, 3.63) is 35.9 Å². The van der Waals surface area contributed by atoms with Gasteiger partial charge in [0, 0.05) is 0 Å². The van der Waals surface area contributed by atoms with Crippen LogP contribution < -0.4 is 5.32 Å². The van der Waals surface area contributed by atoms with Crippen molar-refractivity contribution in [2.45, 2.75) is 26.2 Å². The maximum Gasteiger partial charge on any atom is 0.338 e. The standard InChI is InChI=1S/C12H16O2.C2H7N/c1-2-3-7-10-14-12(13)11-8-5-4-6-9-11;1-3-2/h4-6,8-9H,2-3,7,10H2,1H3;3H,1-2H3. The molecule has 3 heteroatoms. The largest absolute Gasteiger partial charge is 0.462 e. The number of ether oxygens (including phenoxy) is 1. The SMILES string of the molecule is CCCCCOC(=O)c1ccccc1.CNC. The second-order valence-electron chi connectivity index (χ2n) is 3.71. The highest BCUT2D eigenvalue weighted by atomic mass is 16.5. The lowest BCUT2D eigenvalue weighted by atomic mass is 10.2. The molecule has 1 aromatic carbocycles. The molecule has 0 heterocycles.